The molecule has 2 heterocycles. The number of nitrogens with zero attached hydrogens (tertiary/aromatic N) is 3. The number of piperidine rings is 1. The van der Waals surface area contributed by atoms with Crippen LogP contribution in [0, 0.1) is 6.92 Å². The Morgan fingerprint density at radius 1 is 1.50 bits per heavy atom. The quantitative estimate of drug-likeness (QED) is 0.863. The summed E-state index contributed by atoms with van der Waals surface area (Å²) >= 11 is 0. The summed E-state index contributed by atoms with van der Waals surface area (Å²) in [5.41, 5.74) is 2.66. The molecule has 0 bridgehead atoms. The van der Waals surface area contributed by atoms with Crippen LogP contribution in [0.5, 0.6) is 0 Å². The van der Waals surface area contributed by atoms with Gasteiger partial charge in [0.2, 0.25) is 0 Å². The van der Waals surface area contributed by atoms with Gasteiger partial charge in [0.05, 0.1) is 6.20 Å². The summed E-state index contributed by atoms with van der Waals surface area (Å²) < 4.78 is 1.96. The molecule has 1 aromatic heterocycles. The maximum atomic E-state index is 4.32. The minimum absolute atomic E-state index is 0.677. The van der Waals surface area contributed by atoms with Crippen LogP contribution < -0.4 is 5.32 Å². The van der Waals surface area contributed by atoms with E-state index < -0.39 is 0 Å². The van der Waals surface area contributed by atoms with Crippen LogP contribution in [0.2, 0.25) is 0 Å². The van der Waals surface area contributed by atoms with Crippen molar-refractivity contribution in [3.05, 3.63) is 17.5 Å². The van der Waals surface area contributed by atoms with Gasteiger partial charge in [0.1, 0.15) is 0 Å². The van der Waals surface area contributed by atoms with E-state index in [0.29, 0.717) is 6.04 Å². The van der Waals surface area contributed by atoms with Crippen molar-refractivity contribution >= 4 is 0 Å². The molecule has 1 atom stereocenters. The second-order valence-corrected chi connectivity index (χ2v) is 5.41. The summed E-state index contributed by atoms with van der Waals surface area (Å²) in [6.07, 6.45) is 5.86. The van der Waals surface area contributed by atoms with E-state index in [1.54, 1.807) is 0 Å². The van der Waals surface area contributed by atoms with Crippen LogP contribution in [0.3, 0.4) is 0 Å². The molecule has 102 valence electrons. The molecule has 4 heteroatoms. The average Bonchev–Trinajstić information content (AvgIpc) is 2.69. The molecule has 1 aromatic rings. The van der Waals surface area contributed by atoms with Gasteiger partial charge in [0.25, 0.3) is 0 Å². The van der Waals surface area contributed by atoms with E-state index in [0.717, 1.165) is 13.1 Å². The van der Waals surface area contributed by atoms with Crippen molar-refractivity contribution in [2.75, 3.05) is 19.6 Å². The monoisotopic (exact) mass is 250 g/mol. The molecule has 0 saturated carbocycles. The molecule has 1 unspecified atom stereocenters. The minimum atomic E-state index is 0.677. The zero-order chi connectivity index (χ0) is 13.0. The first kappa shape index (κ1) is 13.6. The van der Waals surface area contributed by atoms with Gasteiger partial charge in [-0.3, -0.25) is 9.58 Å². The molecule has 0 radical (unpaired) electrons. The maximum Gasteiger partial charge on any atom is 0.0537 e. The average molecular weight is 250 g/mol. The highest BCUT2D eigenvalue weighted by atomic mass is 15.3. The summed E-state index contributed by atoms with van der Waals surface area (Å²) in [6, 6.07) is 0.677. The molecule has 0 amide bonds. The molecule has 1 fully saturated rings. The van der Waals surface area contributed by atoms with Gasteiger partial charge in [-0.25, -0.2) is 0 Å². The van der Waals surface area contributed by atoms with Gasteiger partial charge in [-0.2, -0.15) is 5.10 Å². The van der Waals surface area contributed by atoms with Crippen LogP contribution in [0.15, 0.2) is 6.20 Å². The van der Waals surface area contributed by atoms with E-state index in [2.05, 4.69) is 29.2 Å². The summed E-state index contributed by atoms with van der Waals surface area (Å²) in [5, 5.41) is 7.97. The number of rotatable bonds is 5. The molecule has 1 aliphatic rings. The standard InChI is InChI=1S/C14H26N4/c1-4-7-15-14-6-5-8-18(11-14)10-13-9-16-17(3)12(13)2/h9,14-15H,4-8,10-11H2,1-3H3. The molecule has 1 N–H and O–H groups in total. The van der Waals surface area contributed by atoms with Crippen molar-refractivity contribution in [2.24, 2.45) is 7.05 Å². The van der Waals surface area contributed by atoms with Crippen LogP contribution in [0.1, 0.15) is 37.4 Å². The van der Waals surface area contributed by atoms with Crippen molar-refractivity contribution in [2.45, 2.75) is 45.7 Å². The Morgan fingerprint density at radius 2 is 2.33 bits per heavy atom. The highest BCUT2D eigenvalue weighted by Gasteiger charge is 2.20. The first-order chi connectivity index (χ1) is 8.70. The third kappa shape index (κ3) is 3.33. The van der Waals surface area contributed by atoms with Crippen LogP contribution in [-0.4, -0.2) is 40.4 Å². The van der Waals surface area contributed by atoms with Gasteiger partial charge >= 0.3 is 0 Å². The third-order valence-corrected chi connectivity index (χ3v) is 3.92. The SMILES string of the molecule is CCCNC1CCCN(Cc2cnn(C)c2C)C1. The van der Waals surface area contributed by atoms with Gasteiger partial charge < -0.3 is 5.32 Å². The molecule has 0 aromatic carbocycles. The second-order valence-electron chi connectivity index (χ2n) is 5.41. The highest BCUT2D eigenvalue weighted by molar-refractivity contribution is 5.15. The fraction of sp³-hybridized carbons (Fsp3) is 0.786. The maximum absolute atomic E-state index is 4.32. The molecule has 2 rings (SSSR count). The van der Waals surface area contributed by atoms with Crippen molar-refractivity contribution in [3.63, 3.8) is 0 Å². The number of nitrogens with one attached hydrogen (secondary N) is 1. The van der Waals surface area contributed by atoms with E-state index in [9.17, 15) is 0 Å². The number of likely N-dealkylation sites (tertiary alicyclic amines) is 1. The van der Waals surface area contributed by atoms with Gasteiger partial charge in [-0.1, -0.05) is 6.92 Å². The van der Waals surface area contributed by atoms with E-state index in [1.165, 1.54) is 43.6 Å². The van der Waals surface area contributed by atoms with E-state index in [4.69, 9.17) is 0 Å². The van der Waals surface area contributed by atoms with Crippen LogP contribution in [-0.2, 0) is 13.6 Å². The van der Waals surface area contributed by atoms with E-state index in [1.807, 2.05) is 17.9 Å². The number of aryl methyl sites for hydroxylation is 1. The summed E-state index contributed by atoms with van der Waals surface area (Å²) in [7, 11) is 2.01. The molecule has 0 aliphatic carbocycles. The Balaban J connectivity index is 1.87. The molecule has 18 heavy (non-hydrogen) atoms. The predicted octanol–water partition coefficient (Wildman–Crippen LogP) is 1.69. The fourth-order valence-electron chi connectivity index (χ4n) is 2.65. The lowest BCUT2D eigenvalue weighted by molar-refractivity contribution is 0.183. The zero-order valence-electron chi connectivity index (χ0n) is 11.9. The first-order valence-corrected chi connectivity index (χ1v) is 7.14. The Morgan fingerprint density at radius 3 is 3.00 bits per heavy atom. The third-order valence-electron chi connectivity index (χ3n) is 3.92. The van der Waals surface area contributed by atoms with Crippen molar-refractivity contribution in [3.8, 4) is 0 Å². The van der Waals surface area contributed by atoms with Crippen molar-refractivity contribution < 1.29 is 0 Å². The first-order valence-electron chi connectivity index (χ1n) is 7.14. The van der Waals surface area contributed by atoms with Gasteiger partial charge in [-0.05, 0) is 39.3 Å². The molecule has 1 saturated heterocycles. The molecule has 0 spiro atoms. The van der Waals surface area contributed by atoms with Crippen LogP contribution in [0.4, 0.5) is 0 Å². The Bertz CT molecular complexity index is 372. The zero-order valence-corrected chi connectivity index (χ0v) is 11.9. The summed E-state index contributed by atoms with van der Waals surface area (Å²) in [5.74, 6) is 0. The van der Waals surface area contributed by atoms with Crippen molar-refractivity contribution in [1.82, 2.24) is 20.0 Å². The van der Waals surface area contributed by atoms with E-state index in [-0.39, 0.29) is 0 Å². The smallest absolute Gasteiger partial charge is 0.0537 e. The Hall–Kier alpha value is -0.870. The normalized spacial score (nSPS) is 21.4. The number of hydrogen-bond acceptors (Lipinski definition) is 3. The molecule has 1 aliphatic heterocycles. The predicted molar refractivity (Wildman–Crippen MR) is 74.5 cm³/mol. The lowest BCUT2D eigenvalue weighted by Crippen LogP contribution is -2.45. The van der Waals surface area contributed by atoms with Gasteiger partial charge in [0.15, 0.2) is 0 Å². The largest absolute Gasteiger partial charge is 0.313 e. The lowest BCUT2D eigenvalue weighted by Gasteiger charge is -2.33. The summed E-state index contributed by atoms with van der Waals surface area (Å²) in [4.78, 5) is 2.56. The Labute approximate surface area is 110 Å². The minimum Gasteiger partial charge on any atom is -0.313 e. The van der Waals surface area contributed by atoms with Gasteiger partial charge in [-0.15, -0.1) is 0 Å². The lowest BCUT2D eigenvalue weighted by atomic mass is 10.0. The van der Waals surface area contributed by atoms with Crippen LogP contribution in [0.25, 0.3) is 0 Å². The topological polar surface area (TPSA) is 33.1 Å². The fourth-order valence-corrected chi connectivity index (χ4v) is 2.65. The van der Waals surface area contributed by atoms with Crippen LogP contribution >= 0.6 is 0 Å². The Kier molecular flexibility index (Phi) is 4.78. The molecule has 4 nitrogen and oxygen atoms in total. The molecular formula is C14H26N4. The second kappa shape index (κ2) is 6.34. The number of hydrogen-bond donors (Lipinski definition) is 1. The molecular weight excluding hydrogens is 224 g/mol. The van der Waals surface area contributed by atoms with E-state index >= 15 is 0 Å². The number of aromatic nitrogens is 2. The summed E-state index contributed by atoms with van der Waals surface area (Å²) in [6.45, 7) is 8.97. The van der Waals surface area contributed by atoms with Gasteiger partial charge in [0, 0.05) is 37.4 Å². The highest BCUT2D eigenvalue weighted by Crippen LogP contribution is 2.15. The van der Waals surface area contributed by atoms with Crippen molar-refractivity contribution in [1.29, 1.82) is 0 Å².